The molecule has 3 rings (SSSR count). The summed E-state index contributed by atoms with van der Waals surface area (Å²) in [5.74, 6) is -0.646. The van der Waals surface area contributed by atoms with Crippen molar-refractivity contribution in [3.8, 4) is 11.3 Å². The summed E-state index contributed by atoms with van der Waals surface area (Å²) in [4.78, 5) is 39.9. The molecule has 2 aromatic carbocycles. The number of benzene rings is 2. The molecular formula is C22H22ClN5O3S. The first-order valence-electron chi connectivity index (χ1n) is 9.85. The number of thioether (sulfide) groups is 1. The van der Waals surface area contributed by atoms with Crippen molar-refractivity contribution >= 4 is 46.6 Å². The summed E-state index contributed by atoms with van der Waals surface area (Å²) in [5, 5.41) is 13.9. The minimum atomic E-state index is -0.543. The first kappa shape index (κ1) is 23.5. The molecule has 0 aliphatic carbocycles. The van der Waals surface area contributed by atoms with Gasteiger partial charge in [0.1, 0.15) is 0 Å². The Morgan fingerprint density at radius 3 is 2.31 bits per heavy atom. The second-order valence-electron chi connectivity index (χ2n) is 7.25. The van der Waals surface area contributed by atoms with Crippen molar-refractivity contribution < 1.29 is 9.59 Å². The lowest BCUT2D eigenvalue weighted by molar-refractivity contribution is -0.119. The van der Waals surface area contributed by atoms with Gasteiger partial charge in [-0.1, -0.05) is 55.4 Å². The van der Waals surface area contributed by atoms with E-state index in [2.05, 4.69) is 25.8 Å². The summed E-state index contributed by atoms with van der Waals surface area (Å²) in [7, 11) is 0. The Labute approximate surface area is 194 Å². The minimum Gasteiger partial charge on any atom is -0.325 e. The zero-order valence-corrected chi connectivity index (χ0v) is 19.3. The zero-order valence-electron chi connectivity index (χ0n) is 17.7. The number of hydrogen-bond donors (Lipinski definition) is 3. The SMILES string of the molecule is CC(C)C(=O)Nc1ccccc1-c1nnc(S[C@H](C)C(=O)Nc2ccc(Cl)cc2)[nH]c1=O. The third-order valence-corrected chi connectivity index (χ3v) is 5.64. The number of amides is 2. The van der Waals surface area contributed by atoms with E-state index in [0.717, 1.165) is 11.8 Å². The molecule has 0 aliphatic heterocycles. The molecule has 1 heterocycles. The Kier molecular flexibility index (Phi) is 7.66. The number of H-pyrrole nitrogens is 1. The molecule has 0 unspecified atom stereocenters. The van der Waals surface area contributed by atoms with Crippen LogP contribution in [0.1, 0.15) is 20.8 Å². The summed E-state index contributed by atoms with van der Waals surface area (Å²) in [5.41, 5.74) is 1.15. The van der Waals surface area contributed by atoms with E-state index in [0.29, 0.717) is 22.0 Å². The normalized spacial score (nSPS) is 11.8. The van der Waals surface area contributed by atoms with E-state index in [1.807, 2.05) is 0 Å². The molecule has 1 aromatic heterocycles. The summed E-state index contributed by atoms with van der Waals surface area (Å²) in [6.07, 6.45) is 0. The first-order valence-corrected chi connectivity index (χ1v) is 11.1. The maximum absolute atomic E-state index is 12.7. The van der Waals surface area contributed by atoms with Crippen molar-refractivity contribution in [3.63, 3.8) is 0 Å². The molecule has 3 aromatic rings. The molecule has 10 heteroatoms. The van der Waals surface area contributed by atoms with Gasteiger partial charge < -0.3 is 10.6 Å². The fraction of sp³-hybridized carbons (Fsp3) is 0.227. The van der Waals surface area contributed by atoms with Crippen molar-refractivity contribution in [2.24, 2.45) is 5.92 Å². The second kappa shape index (κ2) is 10.4. The number of aromatic nitrogens is 3. The number of nitrogens with one attached hydrogen (secondary N) is 3. The highest BCUT2D eigenvalue weighted by atomic mass is 35.5. The van der Waals surface area contributed by atoms with Gasteiger partial charge in [-0.3, -0.25) is 19.4 Å². The average molecular weight is 472 g/mol. The lowest BCUT2D eigenvalue weighted by atomic mass is 10.1. The van der Waals surface area contributed by atoms with Crippen LogP contribution in [-0.2, 0) is 9.59 Å². The van der Waals surface area contributed by atoms with E-state index < -0.39 is 10.8 Å². The molecule has 0 saturated heterocycles. The number of hydrogen-bond acceptors (Lipinski definition) is 6. The molecule has 166 valence electrons. The Morgan fingerprint density at radius 1 is 0.969 bits per heavy atom. The number of nitrogens with zero attached hydrogens (tertiary/aromatic N) is 2. The van der Waals surface area contributed by atoms with Crippen LogP contribution in [0.15, 0.2) is 58.5 Å². The van der Waals surface area contributed by atoms with Crippen LogP contribution < -0.4 is 16.2 Å². The maximum atomic E-state index is 12.7. The van der Waals surface area contributed by atoms with Gasteiger partial charge in [0.2, 0.25) is 11.8 Å². The van der Waals surface area contributed by atoms with E-state index in [1.165, 1.54) is 0 Å². The quantitative estimate of drug-likeness (QED) is 0.444. The van der Waals surface area contributed by atoms with Gasteiger partial charge in [0.15, 0.2) is 10.9 Å². The van der Waals surface area contributed by atoms with E-state index in [1.54, 1.807) is 69.3 Å². The Bertz CT molecular complexity index is 1180. The van der Waals surface area contributed by atoms with E-state index in [9.17, 15) is 14.4 Å². The van der Waals surface area contributed by atoms with Gasteiger partial charge in [-0.25, -0.2) is 0 Å². The molecular weight excluding hydrogens is 450 g/mol. The molecule has 8 nitrogen and oxygen atoms in total. The first-order chi connectivity index (χ1) is 15.2. The molecule has 0 fully saturated rings. The van der Waals surface area contributed by atoms with Gasteiger partial charge in [-0.15, -0.1) is 10.2 Å². The number of anilines is 2. The number of carbonyl (C=O) groups excluding carboxylic acids is 2. The standard InChI is InChI=1S/C22H22ClN5O3S/c1-12(2)19(29)25-17-7-5-4-6-16(17)18-21(31)26-22(28-27-18)32-13(3)20(30)24-15-10-8-14(23)9-11-15/h4-13H,1-3H3,(H,24,30)(H,25,29)(H,26,28,31)/t13-/m1/s1. The number of rotatable bonds is 7. The van der Waals surface area contributed by atoms with Gasteiger partial charge >= 0.3 is 0 Å². The number of halogens is 1. The number of aromatic amines is 1. The fourth-order valence-electron chi connectivity index (χ4n) is 2.63. The highest BCUT2D eigenvalue weighted by Gasteiger charge is 2.19. The van der Waals surface area contributed by atoms with Gasteiger partial charge in [0.05, 0.1) is 10.9 Å². The van der Waals surface area contributed by atoms with E-state index in [-0.39, 0.29) is 28.6 Å². The van der Waals surface area contributed by atoms with Crippen LogP contribution in [0.5, 0.6) is 0 Å². The molecule has 1 atom stereocenters. The van der Waals surface area contributed by atoms with Crippen molar-refractivity contribution in [3.05, 3.63) is 63.9 Å². The molecule has 0 aliphatic rings. The molecule has 3 N–H and O–H groups in total. The topological polar surface area (TPSA) is 117 Å². The molecule has 2 amide bonds. The van der Waals surface area contributed by atoms with Crippen LogP contribution >= 0.6 is 23.4 Å². The Morgan fingerprint density at radius 2 is 1.66 bits per heavy atom. The second-order valence-corrected chi connectivity index (χ2v) is 9.02. The average Bonchev–Trinajstić information content (AvgIpc) is 2.76. The van der Waals surface area contributed by atoms with E-state index >= 15 is 0 Å². The van der Waals surface area contributed by atoms with Crippen molar-refractivity contribution in [2.75, 3.05) is 10.6 Å². The lowest BCUT2D eigenvalue weighted by Crippen LogP contribution is -2.24. The predicted octanol–water partition coefficient (Wildman–Crippen LogP) is 4.20. The Hall–Kier alpha value is -3.17. The summed E-state index contributed by atoms with van der Waals surface area (Å²) in [6, 6.07) is 13.6. The van der Waals surface area contributed by atoms with Gasteiger partial charge in [-0.2, -0.15) is 0 Å². The van der Waals surface area contributed by atoms with Crippen LogP contribution in [0.3, 0.4) is 0 Å². The largest absolute Gasteiger partial charge is 0.325 e. The highest BCUT2D eigenvalue weighted by Crippen LogP contribution is 2.25. The zero-order chi connectivity index (χ0) is 23.3. The highest BCUT2D eigenvalue weighted by molar-refractivity contribution is 8.00. The third kappa shape index (κ3) is 5.95. The summed E-state index contributed by atoms with van der Waals surface area (Å²) >= 11 is 6.93. The Balaban J connectivity index is 1.74. The van der Waals surface area contributed by atoms with Crippen LogP contribution in [0, 0.1) is 5.92 Å². The predicted molar refractivity (Wildman–Crippen MR) is 127 cm³/mol. The molecule has 0 saturated carbocycles. The number of para-hydroxylation sites is 1. The van der Waals surface area contributed by atoms with Crippen LogP contribution in [-0.4, -0.2) is 32.2 Å². The molecule has 0 radical (unpaired) electrons. The summed E-state index contributed by atoms with van der Waals surface area (Å²) in [6.45, 7) is 5.25. The minimum absolute atomic E-state index is 0.0762. The van der Waals surface area contributed by atoms with E-state index in [4.69, 9.17) is 11.6 Å². The van der Waals surface area contributed by atoms with Crippen LogP contribution in [0.2, 0.25) is 5.02 Å². The van der Waals surface area contributed by atoms with Gasteiger partial charge in [0, 0.05) is 22.2 Å². The molecule has 0 bridgehead atoms. The fourth-order valence-corrected chi connectivity index (χ4v) is 3.49. The third-order valence-electron chi connectivity index (χ3n) is 4.41. The van der Waals surface area contributed by atoms with Gasteiger partial charge in [0.25, 0.3) is 5.56 Å². The monoisotopic (exact) mass is 471 g/mol. The lowest BCUT2D eigenvalue weighted by Gasteiger charge is -2.13. The van der Waals surface area contributed by atoms with Crippen molar-refractivity contribution in [1.29, 1.82) is 0 Å². The summed E-state index contributed by atoms with van der Waals surface area (Å²) < 4.78 is 0. The van der Waals surface area contributed by atoms with Crippen molar-refractivity contribution in [1.82, 2.24) is 15.2 Å². The van der Waals surface area contributed by atoms with Gasteiger partial charge in [-0.05, 0) is 37.3 Å². The molecule has 32 heavy (non-hydrogen) atoms. The van der Waals surface area contributed by atoms with Crippen molar-refractivity contribution in [2.45, 2.75) is 31.2 Å². The maximum Gasteiger partial charge on any atom is 0.278 e. The number of carbonyl (C=O) groups is 2. The van der Waals surface area contributed by atoms with Crippen LogP contribution in [0.25, 0.3) is 11.3 Å². The van der Waals surface area contributed by atoms with Crippen LogP contribution in [0.4, 0.5) is 11.4 Å². The smallest absolute Gasteiger partial charge is 0.278 e. The molecule has 0 spiro atoms.